The Morgan fingerprint density at radius 1 is 0.913 bits per heavy atom. The molecule has 0 heterocycles. The summed E-state index contributed by atoms with van der Waals surface area (Å²) in [7, 11) is 0. The van der Waals surface area contributed by atoms with Gasteiger partial charge in [-0.15, -0.1) is 0 Å². The van der Waals surface area contributed by atoms with E-state index in [9.17, 15) is 19.8 Å². The van der Waals surface area contributed by atoms with Gasteiger partial charge < -0.3 is 10.2 Å². The van der Waals surface area contributed by atoms with E-state index in [0.29, 0.717) is 18.4 Å². The van der Waals surface area contributed by atoms with Crippen LogP contribution in [0.4, 0.5) is 0 Å². The third kappa shape index (κ3) is 2.40. The summed E-state index contributed by atoms with van der Waals surface area (Å²) in [6.45, 7) is 0. The molecule has 1 saturated carbocycles. The number of hydrogen-bond acceptors (Lipinski definition) is 2. The van der Waals surface area contributed by atoms with Crippen LogP contribution in [0.1, 0.15) is 29.9 Å². The molecule has 1 aliphatic rings. The van der Waals surface area contributed by atoms with Crippen molar-refractivity contribution in [2.45, 2.75) is 24.2 Å². The fraction of sp³-hybridized carbons (Fsp3) is 0.263. The van der Waals surface area contributed by atoms with Crippen LogP contribution in [-0.2, 0) is 15.0 Å². The number of aliphatic carboxylic acids is 2. The monoisotopic (exact) mass is 310 g/mol. The van der Waals surface area contributed by atoms with E-state index in [4.69, 9.17) is 0 Å². The average Bonchev–Trinajstić information content (AvgIpc) is 2.98. The van der Waals surface area contributed by atoms with E-state index in [1.54, 1.807) is 24.3 Å². The van der Waals surface area contributed by atoms with Gasteiger partial charge in [0.15, 0.2) is 0 Å². The highest BCUT2D eigenvalue weighted by Gasteiger charge is 2.57. The third-order valence-electron chi connectivity index (χ3n) is 4.93. The number of carboxylic acids is 2. The van der Waals surface area contributed by atoms with Crippen molar-refractivity contribution in [2.75, 3.05) is 0 Å². The average molecular weight is 310 g/mol. The van der Waals surface area contributed by atoms with Gasteiger partial charge in [0, 0.05) is 5.92 Å². The van der Waals surface area contributed by atoms with Gasteiger partial charge in [-0.2, -0.15) is 0 Å². The Kier molecular flexibility index (Phi) is 3.90. The zero-order valence-electron chi connectivity index (χ0n) is 12.6. The van der Waals surface area contributed by atoms with E-state index >= 15 is 0 Å². The van der Waals surface area contributed by atoms with E-state index in [0.717, 1.165) is 5.56 Å². The first-order valence-corrected chi connectivity index (χ1v) is 7.64. The van der Waals surface area contributed by atoms with Crippen LogP contribution in [0.15, 0.2) is 60.7 Å². The van der Waals surface area contributed by atoms with Gasteiger partial charge in [-0.1, -0.05) is 60.7 Å². The Balaban J connectivity index is 2.21. The zero-order valence-corrected chi connectivity index (χ0v) is 12.6. The molecule has 0 amide bonds. The van der Waals surface area contributed by atoms with Gasteiger partial charge in [-0.3, -0.25) is 9.59 Å². The van der Waals surface area contributed by atoms with Crippen LogP contribution in [0.3, 0.4) is 0 Å². The molecule has 2 aromatic carbocycles. The van der Waals surface area contributed by atoms with Gasteiger partial charge in [0.25, 0.3) is 0 Å². The van der Waals surface area contributed by atoms with Crippen molar-refractivity contribution in [2.24, 2.45) is 5.92 Å². The molecule has 1 aliphatic carbocycles. The van der Waals surface area contributed by atoms with E-state index < -0.39 is 29.2 Å². The van der Waals surface area contributed by atoms with Gasteiger partial charge in [0.1, 0.15) is 5.41 Å². The highest BCUT2D eigenvalue weighted by atomic mass is 16.4. The second-order valence-corrected chi connectivity index (χ2v) is 6.01. The minimum Gasteiger partial charge on any atom is -0.481 e. The summed E-state index contributed by atoms with van der Waals surface area (Å²) >= 11 is 0. The predicted octanol–water partition coefficient (Wildman–Crippen LogP) is 3.29. The lowest BCUT2D eigenvalue weighted by atomic mass is 9.67. The van der Waals surface area contributed by atoms with Crippen molar-refractivity contribution < 1.29 is 19.8 Å². The summed E-state index contributed by atoms with van der Waals surface area (Å²) in [5.41, 5.74) is 0.236. The van der Waals surface area contributed by atoms with Gasteiger partial charge in [-0.05, 0) is 24.0 Å². The van der Waals surface area contributed by atoms with Crippen molar-refractivity contribution in [3.05, 3.63) is 71.8 Å². The summed E-state index contributed by atoms with van der Waals surface area (Å²) < 4.78 is 0. The fourth-order valence-corrected chi connectivity index (χ4v) is 3.91. The quantitative estimate of drug-likeness (QED) is 0.908. The largest absolute Gasteiger partial charge is 0.481 e. The fourth-order valence-electron chi connectivity index (χ4n) is 3.91. The lowest BCUT2D eigenvalue weighted by molar-refractivity contribution is -0.146. The van der Waals surface area contributed by atoms with Crippen molar-refractivity contribution in [1.82, 2.24) is 0 Å². The second-order valence-electron chi connectivity index (χ2n) is 6.01. The number of carboxylic acid groups (broad SMARTS) is 2. The maximum Gasteiger partial charge on any atom is 0.314 e. The topological polar surface area (TPSA) is 74.6 Å². The van der Waals surface area contributed by atoms with E-state index in [-0.39, 0.29) is 0 Å². The number of rotatable bonds is 4. The molecule has 0 saturated heterocycles. The second kappa shape index (κ2) is 5.88. The Morgan fingerprint density at radius 3 is 2.00 bits per heavy atom. The molecular formula is C19H18O4. The number of carbonyl (C=O) groups is 2. The Morgan fingerprint density at radius 2 is 1.48 bits per heavy atom. The summed E-state index contributed by atoms with van der Waals surface area (Å²) in [6.07, 6.45) is 0.680. The Hall–Kier alpha value is -2.62. The first-order chi connectivity index (χ1) is 11.1. The van der Waals surface area contributed by atoms with Crippen LogP contribution < -0.4 is 0 Å². The molecule has 1 fully saturated rings. The Labute approximate surface area is 134 Å². The highest BCUT2D eigenvalue weighted by molar-refractivity contribution is 5.86. The zero-order chi connectivity index (χ0) is 16.4. The van der Waals surface area contributed by atoms with E-state index in [2.05, 4.69) is 0 Å². The van der Waals surface area contributed by atoms with Crippen LogP contribution in [-0.4, -0.2) is 22.2 Å². The van der Waals surface area contributed by atoms with Crippen molar-refractivity contribution >= 4 is 11.9 Å². The van der Waals surface area contributed by atoms with Crippen LogP contribution in [0.5, 0.6) is 0 Å². The maximum absolute atomic E-state index is 12.3. The lowest BCUT2D eigenvalue weighted by Gasteiger charge is -2.33. The minimum absolute atomic E-state index is 0.322. The SMILES string of the molecule is O=C(O)C1CCC(C(=O)O)(c2ccccc2)C1c1ccccc1. The van der Waals surface area contributed by atoms with Crippen molar-refractivity contribution in [3.63, 3.8) is 0 Å². The van der Waals surface area contributed by atoms with Crippen LogP contribution >= 0.6 is 0 Å². The third-order valence-corrected chi connectivity index (χ3v) is 4.93. The molecule has 3 unspecified atom stereocenters. The molecule has 0 aromatic heterocycles. The normalized spacial score (nSPS) is 26.8. The molecule has 2 N–H and O–H groups in total. The van der Waals surface area contributed by atoms with Gasteiger partial charge in [0.2, 0.25) is 0 Å². The standard InChI is InChI=1S/C19H18O4/c20-17(21)15-11-12-19(18(22)23,14-9-5-2-6-10-14)16(15)13-7-3-1-4-8-13/h1-10,15-16H,11-12H2,(H,20,21)(H,22,23). The van der Waals surface area contributed by atoms with Crippen LogP contribution in [0, 0.1) is 5.92 Å². The smallest absolute Gasteiger partial charge is 0.314 e. The molecular weight excluding hydrogens is 292 g/mol. The molecule has 0 radical (unpaired) electrons. The van der Waals surface area contributed by atoms with Crippen LogP contribution in [0.2, 0.25) is 0 Å². The van der Waals surface area contributed by atoms with Gasteiger partial charge in [-0.25, -0.2) is 0 Å². The van der Waals surface area contributed by atoms with Crippen molar-refractivity contribution in [3.8, 4) is 0 Å². The van der Waals surface area contributed by atoms with E-state index in [1.165, 1.54) is 0 Å². The van der Waals surface area contributed by atoms with Gasteiger partial charge >= 0.3 is 11.9 Å². The summed E-state index contributed by atoms with van der Waals surface area (Å²) in [5, 5.41) is 19.7. The molecule has 118 valence electrons. The number of benzene rings is 2. The number of hydrogen-bond donors (Lipinski definition) is 2. The van der Waals surface area contributed by atoms with Crippen molar-refractivity contribution in [1.29, 1.82) is 0 Å². The first kappa shape index (κ1) is 15.3. The van der Waals surface area contributed by atoms with E-state index in [1.807, 2.05) is 36.4 Å². The molecule has 0 aliphatic heterocycles. The molecule has 0 bridgehead atoms. The molecule has 4 nitrogen and oxygen atoms in total. The molecule has 3 atom stereocenters. The minimum atomic E-state index is -1.20. The van der Waals surface area contributed by atoms with Crippen LogP contribution in [0.25, 0.3) is 0 Å². The molecule has 4 heteroatoms. The summed E-state index contributed by atoms with van der Waals surface area (Å²) in [6, 6.07) is 18.2. The molecule has 23 heavy (non-hydrogen) atoms. The lowest BCUT2D eigenvalue weighted by Crippen LogP contribution is -2.40. The molecule has 3 rings (SSSR count). The molecule has 2 aromatic rings. The van der Waals surface area contributed by atoms with Gasteiger partial charge in [0.05, 0.1) is 5.92 Å². The predicted molar refractivity (Wildman–Crippen MR) is 85.3 cm³/mol. The Bertz CT molecular complexity index is 711. The highest BCUT2D eigenvalue weighted by Crippen LogP contribution is 2.54. The first-order valence-electron chi connectivity index (χ1n) is 7.64. The summed E-state index contributed by atoms with van der Waals surface area (Å²) in [4.78, 5) is 24.0. The maximum atomic E-state index is 12.3. The molecule has 0 spiro atoms. The summed E-state index contributed by atoms with van der Waals surface area (Å²) in [5.74, 6) is -3.17.